The summed E-state index contributed by atoms with van der Waals surface area (Å²) in [6.45, 7) is 5.24. The van der Waals surface area contributed by atoms with Gasteiger partial charge in [-0.1, -0.05) is 12.1 Å². The standard InChI is InChI=1S/C16H24N2O/c1-12-16(8-10-19-12)18(2)11-13-5-3-7-15-14(13)6-4-9-17-15/h3,5,7,12,16-17H,4,6,8-11H2,1-2H3. The molecule has 0 spiro atoms. The second kappa shape index (κ2) is 5.51. The maximum atomic E-state index is 5.68. The number of nitrogens with zero attached hydrogens (tertiary/aromatic N) is 1. The lowest BCUT2D eigenvalue weighted by molar-refractivity contribution is 0.0813. The van der Waals surface area contributed by atoms with Gasteiger partial charge in [0.25, 0.3) is 0 Å². The van der Waals surface area contributed by atoms with Gasteiger partial charge in [0.05, 0.1) is 6.10 Å². The van der Waals surface area contributed by atoms with Gasteiger partial charge in [0.1, 0.15) is 0 Å². The minimum Gasteiger partial charge on any atom is -0.385 e. The molecule has 3 rings (SSSR count). The van der Waals surface area contributed by atoms with Crippen LogP contribution < -0.4 is 5.32 Å². The number of fused-ring (bicyclic) bond motifs is 1. The highest BCUT2D eigenvalue weighted by atomic mass is 16.5. The van der Waals surface area contributed by atoms with Crippen molar-refractivity contribution in [1.82, 2.24) is 4.90 Å². The quantitative estimate of drug-likeness (QED) is 0.904. The van der Waals surface area contributed by atoms with E-state index in [1.807, 2.05) is 0 Å². The SMILES string of the molecule is CC1OCCC1N(C)Cc1cccc2c1CCCN2. The Hall–Kier alpha value is -1.06. The van der Waals surface area contributed by atoms with E-state index in [1.165, 1.54) is 29.7 Å². The van der Waals surface area contributed by atoms with Crippen LogP contribution in [0.2, 0.25) is 0 Å². The van der Waals surface area contributed by atoms with Crippen molar-refractivity contribution >= 4 is 5.69 Å². The largest absolute Gasteiger partial charge is 0.385 e. The molecule has 2 heterocycles. The third-order valence-electron chi connectivity index (χ3n) is 4.51. The summed E-state index contributed by atoms with van der Waals surface area (Å²) in [4.78, 5) is 2.46. The highest BCUT2D eigenvalue weighted by Gasteiger charge is 2.28. The fourth-order valence-corrected chi connectivity index (χ4v) is 3.42. The van der Waals surface area contributed by atoms with E-state index in [1.54, 1.807) is 0 Å². The number of rotatable bonds is 3. The molecule has 2 unspecified atom stereocenters. The van der Waals surface area contributed by atoms with Gasteiger partial charge in [-0.25, -0.2) is 0 Å². The third kappa shape index (κ3) is 2.63. The molecule has 1 aromatic carbocycles. The van der Waals surface area contributed by atoms with E-state index >= 15 is 0 Å². The first-order valence-corrected chi connectivity index (χ1v) is 7.42. The van der Waals surface area contributed by atoms with Crippen molar-refractivity contribution in [2.45, 2.75) is 44.9 Å². The molecule has 19 heavy (non-hydrogen) atoms. The molecule has 1 fully saturated rings. The smallest absolute Gasteiger partial charge is 0.0703 e. The Labute approximate surface area is 115 Å². The number of hydrogen-bond donors (Lipinski definition) is 1. The lowest BCUT2D eigenvalue weighted by atomic mass is 9.97. The molecule has 0 aliphatic carbocycles. The molecule has 2 aliphatic heterocycles. The van der Waals surface area contributed by atoms with Crippen molar-refractivity contribution < 1.29 is 4.74 Å². The van der Waals surface area contributed by atoms with Crippen LogP contribution in [0.15, 0.2) is 18.2 Å². The Morgan fingerprint density at radius 2 is 2.32 bits per heavy atom. The Morgan fingerprint density at radius 3 is 3.11 bits per heavy atom. The van der Waals surface area contributed by atoms with E-state index in [2.05, 4.69) is 42.4 Å². The molecule has 1 N–H and O–H groups in total. The van der Waals surface area contributed by atoms with Crippen LogP contribution in [0.1, 0.15) is 30.9 Å². The number of ether oxygens (including phenoxy) is 1. The van der Waals surface area contributed by atoms with Gasteiger partial charge in [0.2, 0.25) is 0 Å². The molecule has 2 aliphatic rings. The summed E-state index contributed by atoms with van der Waals surface area (Å²) in [7, 11) is 2.23. The molecule has 0 amide bonds. The van der Waals surface area contributed by atoms with Gasteiger partial charge in [0.15, 0.2) is 0 Å². The van der Waals surface area contributed by atoms with E-state index < -0.39 is 0 Å². The maximum Gasteiger partial charge on any atom is 0.0703 e. The second-order valence-corrected chi connectivity index (χ2v) is 5.82. The van der Waals surface area contributed by atoms with Crippen LogP contribution in [0, 0.1) is 0 Å². The van der Waals surface area contributed by atoms with Crippen LogP contribution in [0.4, 0.5) is 5.69 Å². The van der Waals surface area contributed by atoms with Gasteiger partial charge in [-0.15, -0.1) is 0 Å². The highest BCUT2D eigenvalue weighted by molar-refractivity contribution is 5.56. The van der Waals surface area contributed by atoms with E-state index in [9.17, 15) is 0 Å². The lowest BCUT2D eigenvalue weighted by Crippen LogP contribution is -2.36. The molecule has 104 valence electrons. The van der Waals surface area contributed by atoms with Gasteiger partial charge in [0, 0.05) is 31.4 Å². The average molecular weight is 260 g/mol. The molecule has 1 aromatic rings. The third-order valence-corrected chi connectivity index (χ3v) is 4.51. The first-order valence-electron chi connectivity index (χ1n) is 7.42. The van der Waals surface area contributed by atoms with Crippen LogP contribution >= 0.6 is 0 Å². The number of hydrogen-bond acceptors (Lipinski definition) is 3. The van der Waals surface area contributed by atoms with E-state index in [-0.39, 0.29) is 0 Å². The van der Waals surface area contributed by atoms with E-state index in [0.717, 1.165) is 26.1 Å². The molecule has 2 atom stereocenters. The minimum absolute atomic E-state index is 0.364. The summed E-state index contributed by atoms with van der Waals surface area (Å²) >= 11 is 0. The average Bonchev–Trinajstić information content (AvgIpc) is 2.85. The molecule has 0 saturated carbocycles. The van der Waals surface area contributed by atoms with Crippen LogP contribution in [0.5, 0.6) is 0 Å². The summed E-state index contributed by atoms with van der Waals surface area (Å²) in [5.41, 5.74) is 4.34. The first-order chi connectivity index (χ1) is 9.25. The number of likely N-dealkylation sites (N-methyl/N-ethyl adjacent to an activating group) is 1. The lowest BCUT2D eigenvalue weighted by Gasteiger charge is -2.29. The number of nitrogens with one attached hydrogen (secondary N) is 1. The zero-order valence-electron chi connectivity index (χ0n) is 12.0. The molecule has 0 aromatic heterocycles. The van der Waals surface area contributed by atoms with Crippen molar-refractivity contribution in [3.05, 3.63) is 29.3 Å². The first kappa shape index (κ1) is 12.9. The molecule has 1 saturated heterocycles. The van der Waals surface area contributed by atoms with Crippen LogP contribution in [-0.4, -0.2) is 37.2 Å². The van der Waals surface area contributed by atoms with E-state index in [0.29, 0.717) is 12.1 Å². The zero-order valence-corrected chi connectivity index (χ0v) is 12.0. The molecule has 3 heteroatoms. The topological polar surface area (TPSA) is 24.5 Å². The summed E-state index contributed by atoms with van der Waals surface area (Å²) in [6.07, 6.45) is 3.98. The fraction of sp³-hybridized carbons (Fsp3) is 0.625. The summed E-state index contributed by atoms with van der Waals surface area (Å²) < 4.78 is 5.68. The van der Waals surface area contributed by atoms with Crippen molar-refractivity contribution in [2.24, 2.45) is 0 Å². The van der Waals surface area contributed by atoms with Crippen molar-refractivity contribution in [3.8, 4) is 0 Å². The van der Waals surface area contributed by atoms with E-state index in [4.69, 9.17) is 4.74 Å². The normalized spacial score (nSPS) is 26.3. The van der Waals surface area contributed by atoms with Crippen molar-refractivity contribution in [1.29, 1.82) is 0 Å². The van der Waals surface area contributed by atoms with Crippen molar-refractivity contribution in [3.63, 3.8) is 0 Å². The predicted octanol–water partition coefficient (Wildman–Crippen LogP) is 2.65. The highest BCUT2D eigenvalue weighted by Crippen LogP contribution is 2.27. The van der Waals surface area contributed by atoms with Gasteiger partial charge >= 0.3 is 0 Å². The Kier molecular flexibility index (Phi) is 3.76. The zero-order chi connectivity index (χ0) is 13.2. The fourth-order valence-electron chi connectivity index (χ4n) is 3.42. The van der Waals surface area contributed by atoms with Gasteiger partial charge in [-0.3, -0.25) is 4.90 Å². The minimum atomic E-state index is 0.364. The van der Waals surface area contributed by atoms with Crippen LogP contribution in [0.25, 0.3) is 0 Å². The van der Waals surface area contributed by atoms with Gasteiger partial charge in [-0.2, -0.15) is 0 Å². The number of anilines is 1. The monoisotopic (exact) mass is 260 g/mol. The molecular weight excluding hydrogens is 236 g/mol. The van der Waals surface area contributed by atoms with Crippen molar-refractivity contribution in [2.75, 3.05) is 25.5 Å². The summed E-state index contributed by atoms with van der Waals surface area (Å²) in [5, 5.41) is 3.51. The maximum absolute atomic E-state index is 5.68. The Bertz CT molecular complexity index is 446. The molecular formula is C16H24N2O. The predicted molar refractivity (Wildman–Crippen MR) is 78.5 cm³/mol. The van der Waals surface area contributed by atoms with Gasteiger partial charge < -0.3 is 10.1 Å². The Balaban J connectivity index is 1.76. The molecule has 3 nitrogen and oxygen atoms in total. The van der Waals surface area contributed by atoms with Crippen LogP contribution in [-0.2, 0) is 17.7 Å². The van der Waals surface area contributed by atoms with Gasteiger partial charge in [-0.05, 0) is 50.4 Å². The number of benzene rings is 1. The summed E-state index contributed by atoms with van der Waals surface area (Å²) in [6, 6.07) is 7.23. The molecule has 0 radical (unpaired) electrons. The van der Waals surface area contributed by atoms with Crippen LogP contribution in [0.3, 0.4) is 0 Å². The second-order valence-electron chi connectivity index (χ2n) is 5.82. The summed E-state index contributed by atoms with van der Waals surface area (Å²) in [5.74, 6) is 0. The Morgan fingerprint density at radius 1 is 1.42 bits per heavy atom. The molecule has 0 bridgehead atoms.